The number of carbonyl (C=O) groups excluding carboxylic acids is 1. The second-order valence-electron chi connectivity index (χ2n) is 9.53. The summed E-state index contributed by atoms with van der Waals surface area (Å²) >= 11 is 0. The van der Waals surface area contributed by atoms with Crippen molar-refractivity contribution in [3.63, 3.8) is 0 Å². The maximum absolute atomic E-state index is 13.0. The van der Waals surface area contributed by atoms with Crippen LogP contribution in [0.25, 0.3) is 10.9 Å². The molecule has 0 unspecified atom stereocenters. The summed E-state index contributed by atoms with van der Waals surface area (Å²) in [4.78, 5) is 16.1. The normalized spacial score (nSPS) is 31.1. The van der Waals surface area contributed by atoms with Gasteiger partial charge >= 0.3 is 0 Å². The number of aldehydes is 1. The zero-order valence-corrected chi connectivity index (χ0v) is 18.1. The third-order valence-electron chi connectivity index (χ3n) is 7.84. The number of H-pyrrole nitrogens is 1. The lowest BCUT2D eigenvalue weighted by Gasteiger charge is -2.56. The number of aromatic amines is 1. The van der Waals surface area contributed by atoms with Crippen molar-refractivity contribution in [2.24, 2.45) is 17.8 Å². The Morgan fingerprint density at radius 1 is 1.07 bits per heavy atom. The number of nitrogens with one attached hydrogen (secondary N) is 1. The molecule has 0 spiro atoms. The van der Waals surface area contributed by atoms with E-state index in [1.54, 1.807) is 12.1 Å². The van der Waals surface area contributed by atoms with E-state index in [4.69, 9.17) is 0 Å². The highest BCUT2D eigenvalue weighted by Crippen LogP contribution is 2.61. The molecule has 0 radical (unpaired) electrons. The van der Waals surface area contributed by atoms with Gasteiger partial charge in [0.2, 0.25) is 10.0 Å². The van der Waals surface area contributed by atoms with Crippen molar-refractivity contribution in [3.8, 4) is 0 Å². The van der Waals surface area contributed by atoms with Crippen molar-refractivity contribution >= 4 is 27.2 Å². The number of nitrogens with zero attached hydrogens (tertiary/aromatic N) is 1. The first-order valence-corrected chi connectivity index (χ1v) is 12.5. The average Bonchev–Trinajstić information content (AvgIpc) is 3.06. The van der Waals surface area contributed by atoms with Gasteiger partial charge in [-0.15, -0.1) is 0 Å². The van der Waals surface area contributed by atoms with Gasteiger partial charge in [-0.1, -0.05) is 13.8 Å². The lowest BCUT2D eigenvalue weighted by atomic mass is 9.48. The van der Waals surface area contributed by atoms with Crippen LogP contribution in [0.2, 0.25) is 0 Å². The van der Waals surface area contributed by atoms with E-state index in [-0.39, 0.29) is 10.3 Å². The summed E-state index contributed by atoms with van der Waals surface area (Å²) < 4.78 is 27.4. The quantitative estimate of drug-likeness (QED) is 0.709. The predicted molar refractivity (Wildman–Crippen MR) is 114 cm³/mol. The number of carbonyl (C=O) groups is 1. The Kier molecular flexibility index (Phi) is 4.44. The van der Waals surface area contributed by atoms with Gasteiger partial charge in [-0.3, -0.25) is 4.79 Å². The molecule has 0 aliphatic heterocycles. The predicted octanol–water partition coefficient (Wildman–Crippen LogP) is 4.48. The molecule has 4 aliphatic carbocycles. The first-order chi connectivity index (χ1) is 13.9. The summed E-state index contributed by atoms with van der Waals surface area (Å²) in [5.74, 6) is 2.35. The van der Waals surface area contributed by atoms with E-state index in [9.17, 15) is 13.2 Å². The monoisotopic (exact) mass is 414 g/mol. The Labute approximate surface area is 172 Å². The van der Waals surface area contributed by atoms with E-state index in [1.165, 1.54) is 23.6 Å². The number of benzene rings is 1. The molecule has 4 fully saturated rings. The van der Waals surface area contributed by atoms with Crippen molar-refractivity contribution in [1.29, 1.82) is 0 Å². The molecule has 4 bridgehead atoms. The molecular formula is C23H30N2O3S. The molecule has 5 nitrogen and oxygen atoms in total. The van der Waals surface area contributed by atoms with Crippen molar-refractivity contribution < 1.29 is 13.2 Å². The van der Waals surface area contributed by atoms with Gasteiger partial charge in [0.1, 0.15) is 0 Å². The van der Waals surface area contributed by atoms with Crippen LogP contribution in [0.4, 0.5) is 0 Å². The molecule has 1 N–H and O–H groups in total. The van der Waals surface area contributed by atoms with E-state index >= 15 is 0 Å². The van der Waals surface area contributed by atoms with Gasteiger partial charge in [0.15, 0.2) is 6.29 Å². The molecule has 4 aliphatic rings. The van der Waals surface area contributed by atoms with Crippen LogP contribution in [-0.2, 0) is 15.4 Å². The minimum absolute atomic E-state index is 0.0714. The molecule has 29 heavy (non-hydrogen) atoms. The summed E-state index contributed by atoms with van der Waals surface area (Å²) in [6.45, 7) is 4.56. The first kappa shape index (κ1) is 19.3. The molecular weight excluding hydrogens is 384 g/mol. The topological polar surface area (TPSA) is 70.2 Å². The van der Waals surface area contributed by atoms with Gasteiger partial charge in [-0.05, 0) is 74.5 Å². The molecule has 0 amide bonds. The molecule has 1 heterocycles. The number of rotatable bonds is 6. The summed E-state index contributed by atoms with van der Waals surface area (Å²) in [5.41, 5.74) is 2.69. The van der Waals surface area contributed by atoms with E-state index < -0.39 is 10.0 Å². The second kappa shape index (κ2) is 6.67. The Balaban J connectivity index is 1.63. The number of hydrogen-bond acceptors (Lipinski definition) is 3. The molecule has 2 aromatic rings. The van der Waals surface area contributed by atoms with Crippen LogP contribution in [0, 0.1) is 17.8 Å². The Morgan fingerprint density at radius 3 is 2.17 bits per heavy atom. The summed E-state index contributed by atoms with van der Waals surface area (Å²) in [7, 11) is -3.55. The molecule has 0 saturated heterocycles. The third-order valence-corrected chi connectivity index (χ3v) is 9.89. The largest absolute Gasteiger partial charge is 0.357 e. The Hall–Kier alpha value is -1.66. The molecule has 0 atom stereocenters. The van der Waals surface area contributed by atoms with Crippen LogP contribution in [-0.4, -0.2) is 37.1 Å². The van der Waals surface area contributed by atoms with Crippen LogP contribution in [0.5, 0.6) is 0 Å². The van der Waals surface area contributed by atoms with Gasteiger partial charge in [-0.25, -0.2) is 8.42 Å². The molecule has 4 saturated carbocycles. The third kappa shape index (κ3) is 2.82. The van der Waals surface area contributed by atoms with E-state index in [0.29, 0.717) is 18.7 Å². The minimum atomic E-state index is -3.55. The summed E-state index contributed by atoms with van der Waals surface area (Å²) in [6, 6.07) is 5.21. The van der Waals surface area contributed by atoms with Gasteiger partial charge in [-0.2, -0.15) is 4.31 Å². The summed E-state index contributed by atoms with van der Waals surface area (Å²) in [6.07, 6.45) is 8.48. The van der Waals surface area contributed by atoms with Gasteiger partial charge < -0.3 is 4.98 Å². The van der Waals surface area contributed by atoms with Gasteiger partial charge in [0.25, 0.3) is 0 Å². The highest BCUT2D eigenvalue weighted by atomic mass is 32.2. The van der Waals surface area contributed by atoms with E-state index in [1.807, 2.05) is 19.9 Å². The molecule has 6 rings (SSSR count). The van der Waals surface area contributed by atoms with E-state index in [0.717, 1.165) is 59.9 Å². The standard InChI is InChI=1S/C23H30N2O3S/c1-3-25(4-2)29(27,28)18-5-6-21-19(10-18)20(14-26)22(24-21)23-11-15-7-16(12-23)9-17(8-15)13-23/h5-6,10,14-17,24H,3-4,7-9,11-13H2,1-2H3. The van der Waals surface area contributed by atoms with Gasteiger partial charge in [0, 0.05) is 40.7 Å². The lowest BCUT2D eigenvalue weighted by Crippen LogP contribution is -2.49. The minimum Gasteiger partial charge on any atom is -0.357 e. The maximum Gasteiger partial charge on any atom is 0.243 e. The highest BCUT2D eigenvalue weighted by molar-refractivity contribution is 7.89. The number of aromatic nitrogens is 1. The summed E-state index contributed by atoms with van der Waals surface area (Å²) in [5, 5.41) is 0.749. The van der Waals surface area contributed by atoms with Crippen molar-refractivity contribution in [3.05, 3.63) is 29.5 Å². The first-order valence-electron chi connectivity index (χ1n) is 11.0. The van der Waals surface area contributed by atoms with Crippen LogP contribution < -0.4 is 0 Å². The SMILES string of the molecule is CCN(CC)S(=O)(=O)c1ccc2[nH]c(C34CC5CC(CC(C5)C3)C4)c(C=O)c2c1. The molecule has 1 aromatic carbocycles. The fourth-order valence-electron chi connectivity index (χ4n) is 7.02. The zero-order chi connectivity index (χ0) is 20.4. The van der Waals surface area contributed by atoms with Gasteiger partial charge in [0.05, 0.1) is 4.90 Å². The Morgan fingerprint density at radius 2 is 1.66 bits per heavy atom. The maximum atomic E-state index is 13.0. The van der Waals surface area contributed by atoms with Crippen LogP contribution >= 0.6 is 0 Å². The van der Waals surface area contributed by atoms with Crippen LogP contribution in [0.15, 0.2) is 23.1 Å². The zero-order valence-electron chi connectivity index (χ0n) is 17.3. The highest BCUT2D eigenvalue weighted by Gasteiger charge is 2.53. The molecule has 1 aromatic heterocycles. The van der Waals surface area contributed by atoms with E-state index in [2.05, 4.69) is 4.98 Å². The van der Waals surface area contributed by atoms with Crippen molar-refractivity contribution in [1.82, 2.24) is 9.29 Å². The number of sulfonamides is 1. The average molecular weight is 415 g/mol. The molecule has 156 valence electrons. The smallest absolute Gasteiger partial charge is 0.243 e. The van der Waals surface area contributed by atoms with Crippen molar-refractivity contribution in [2.75, 3.05) is 13.1 Å². The Bertz CT molecular complexity index is 1030. The second-order valence-corrected chi connectivity index (χ2v) is 11.5. The van der Waals surface area contributed by atoms with Crippen LogP contribution in [0.1, 0.15) is 68.4 Å². The lowest BCUT2D eigenvalue weighted by molar-refractivity contribution is -0.00710. The fourth-order valence-corrected chi connectivity index (χ4v) is 8.51. The van der Waals surface area contributed by atoms with Crippen LogP contribution in [0.3, 0.4) is 0 Å². The number of hydrogen-bond donors (Lipinski definition) is 1. The van der Waals surface area contributed by atoms with Crippen molar-refractivity contribution in [2.45, 2.75) is 62.7 Å². The molecule has 6 heteroatoms. The number of fused-ring (bicyclic) bond motifs is 1. The fraction of sp³-hybridized carbons (Fsp3) is 0.609.